The van der Waals surface area contributed by atoms with Gasteiger partial charge in [-0.1, -0.05) is 18.2 Å². The maximum atomic E-state index is 12.5. The van der Waals surface area contributed by atoms with Crippen LogP contribution >= 0.6 is 11.6 Å². The fourth-order valence-electron chi connectivity index (χ4n) is 2.18. The Morgan fingerprint density at radius 2 is 2.16 bits per heavy atom. The molecule has 0 saturated carbocycles. The van der Waals surface area contributed by atoms with E-state index in [0.717, 1.165) is 17.3 Å². The molecule has 0 aliphatic rings. The van der Waals surface area contributed by atoms with Crippen LogP contribution in [-0.2, 0) is 7.05 Å². The molecule has 102 valence electrons. The Kier molecular flexibility index (Phi) is 4.43. The van der Waals surface area contributed by atoms with E-state index in [0.29, 0.717) is 24.7 Å². The second-order valence-corrected chi connectivity index (χ2v) is 4.79. The summed E-state index contributed by atoms with van der Waals surface area (Å²) in [6.07, 6.45) is 0.798. The van der Waals surface area contributed by atoms with Crippen LogP contribution < -0.4 is 0 Å². The molecule has 0 radical (unpaired) electrons. The first-order valence-electron chi connectivity index (χ1n) is 6.46. The van der Waals surface area contributed by atoms with E-state index < -0.39 is 0 Å². The van der Waals surface area contributed by atoms with Crippen molar-refractivity contribution in [2.75, 3.05) is 19.0 Å². The van der Waals surface area contributed by atoms with E-state index in [1.165, 1.54) is 0 Å². The molecule has 5 heteroatoms. The van der Waals surface area contributed by atoms with E-state index in [9.17, 15) is 4.79 Å². The molecule has 0 spiro atoms. The van der Waals surface area contributed by atoms with Gasteiger partial charge in [0.25, 0.3) is 5.91 Å². The van der Waals surface area contributed by atoms with Crippen molar-refractivity contribution in [2.45, 2.75) is 13.3 Å². The van der Waals surface area contributed by atoms with Gasteiger partial charge in [0.15, 0.2) is 5.69 Å². The number of alkyl halides is 1. The summed E-state index contributed by atoms with van der Waals surface area (Å²) in [7, 11) is 1.86. The van der Waals surface area contributed by atoms with E-state index in [1.807, 2.05) is 38.2 Å². The zero-order valence-corrected chi connectivity index (χ0v) is 12.0. The number of benzene rings is 1. The lowest BCUT2D eigenvalue weighted by Crippen LogP contribution is -2.32. The Morgan fingerprint density at radius 3 is 2.84 bits per heavy atom. The molecule has 0 aliphatic heterocycles. The summed E-state index contributed by atoms with van der Waals surface area (Å²) in [6.45, 7) is 3.31. The molecule has 0 N–H and O–H groups in total. The number of hydrogen-bond donors (Lipinski definition) is 0. The number of amides is 1. The van der Waals surface area contributed by atoms with Crippen molar-refractivity contribution in [2.24, 2.45) is 7.05 Å². The first-order valence-corrected chi connectivity index (χ1v) is 6.99. The van der Waals surface area contributed by atoms with E-state index in [4.69, 9.17) is 11.6 Å². The van der Waals surface area contributed by atoms with Crippen molar-refractivity contribution >= 4 is 28.4 Å². The quantitative estimate of drug-likeness (QED) is 0.789. The predicted molar refractivity (Wildman–Crippen MR) is 77.6 cm³/mol. The highest BCUT2D eigenvalue weighted by Gasteiger charge is 2.20. The molecule has 1 heterocycles. The van der Waals surface area contributed by atoms with Gasteiger partial charge in [-0.3, -0.25) is 9.48 Å². The smallest absolute Gasteiger partial charge is 0.274 e. The lowest BCUT2D eigenvalue weighted by atomic mass is 10.2. The topological polar surface area (TPSA) is 38.1 Å². The molecule has 1 aromatic carbocycles. The molecule has 0 saturated heterocycles. The van der Waals surface area contributed by atoms with Crippen LogP contribution in [0.3, 0.4) is 0 Å². The molecule has 4 nitrogen and oxygen atoms in total. The number of hydrogen-bond acceptors (Lipinski definition) is 2. The Hall–Kier alpha value is -1.55. The van der Waals surface area contributed by atoms with Gasteiger partial charge in [-0.15, -0.1) is 11.6 Å². The van der Waals surface area contributed by atoms with Crippen LogP contribution in [0.15, 0.2) is 24.3 Å². The molecule has 1 aromatic heterocycles. The monoisotopic (exact) mass is 279 g/mol. The maximum Gasteiger partial charge on any atom is 0.274 e. The molecular weight excluding hydrogens is 262 g/mol. The molecule has 0 bridgehead atoms. The van der Waals surface area contributed by atoms with E-state index in [1.54, 1.807) is 9.58 Å². The number of aromatic nitrogens is 2. The number of carbonyl (C=O) groups excluding carboxylic acids is 1. The van der Waals surface area contributed by atoms with Crippen molar-refractivity contribution in [3.8, 4) is 0 Å². The lowest BCUT2D eigenvalue weighted by molar-refractivity contribution is 0.0760. The number of carbonyl (C=O) groups is 1. The second kappa shape index (κ2) is 6.06. The van der Waals surface area contributed by atoms with Gasteiger partial charge in [0, 0.05) is 31.4 Å². The maximum absolute atomic E-state index is 12.5. The number of rotatable bonds is 5. The van der Waals surface area contributed by atoms with E-state index >= 15 is 0 Å². The van der Waals surface area contributed by atoms with Crippen molar-refractivity contribution in [1.82, 2.24) is 14.7 Å². The number of nitrogens with zero attached hydrogens (tertiary/aromatic N) is 3. The Balaban J connectivity index is 2.35. The third-order valence-electron chi connectivity index (χ3n) is 3.19. The Bertz CT molecular complexity index is 579. The SMILES string of the molecule is CCN(CCCCl)C(=O)c1nn(C)c2ccccc12. The largest absolute Gasteiger partial charge is 0.337 e. The van der Waals surface area contributed by atoms with Crippen molar-refractivity contribution < 1.29 is 4.79 Å². The van der Waals surface area contributed by atoms with Crippen LogP contribution in [0.5, 0.6) is 0 Å². The van der Waals surface area contributed by atoms with Gasteiger partial charge >= 0.3 is 0 Å². The average molecular weight is 280 g/mol. The molecule has 1 amide bonds. The summed E-state index contributed by atoms with van der Waals surface area (Å²) >= 11 is 5.69. The summed E-state index contributed by atoms with van der Waals surface area (Å²) in [5.41, 5.74) is 1.49. The van der Waals surface area contributed by atoms with Crippen LogP contribution in [0.4, 0.5) is 0 Å². The van der Waals surface area contributed by atoms with Crippen molar-refractivity contribution in [3.63, 3.8) is 0 Å². The van der Waals surface area contributed by atoms with Gasteiger partial charge in [0.05, 0.1) is 5.52 Å². The zero-order valence-electron chi connectivity index (χ0n) is 11.3. The lowest BCUT2D eigenvalue weighted by Gasteiger charge is -2.19. The fraction of sp³-hybridized carbons (Fsp3) is 0.429. The van der Waals surface area contributed by atoms with Crippen molar-refractivity contribution in [3.05, 3.63) is 30.0 Å². The second-order valence-electron chi connectivity index (χ2n) is 4.42. The molecule has 0 fully saturated rings. The normalized spacial score (nSPS) is 10.9. The third kappa shape index (κ3) is 2.73. The average Bonchev–Trinajstić information content (AvgIpc) is 2.77. The molecule has 0 unspecified atom stereocenters. The molecule has 2 rings (SSSR count). The van der Waals surface area contributed by atoms with Crippen LogP contribution in [-0.4, -0.2) is 39.6 Å². The number of aryl methyl sites for hydroxylation is 1. The highest BCUT2D eigenvalue weighted by atomic mass is 35.5. The highest BCUT2D eigenvalue weighted by Crippen LogP contribution is 2.19. The first kappa shape index (κ1) is 13.9. The molecule has 0 atom stereocenters. The van der Waals surface area contributed by atoms with Gasteiger partial charge < -0.3 is 4.90 Å². The van der Waals surface area contributed by atoms with Crippen LogP contribution in [0.1, 0.15) is 23.8 Å². The minimum Gasteiger partial charge on any atom is -0.337 e. The van der Waals surface area contributed by atoms with Crippen molar-refractivity contribution in [1.29, 1.82) is 0 Å². The predicted octanol–water partition coefficient (Wildman–Crippen LogP) is 2.66. The molecule has 19 heavy (non-hydrogen) atoms. The summed E-state index contributed by atoms with van der Waals surface area (Å²) in [5, 5.41) is 5.26. The van der Waals surface area contributed by atoms with Crippen LogP contribution in [0.2, 0.25) is 0 Å². The minimum absolute atomic E-state index is 0.0237. The van der Waals surface area contributed by atoms with Gasteiger partial charge in [0.1, 0.15) is 0 Å². The summed E-state index contributed by atoms with van der Waals surface area (Å²) < 4.78 is 1.75. The van der Waals surface area contributed by atoms with E-state index in [2.05, 4.69) is 5.10 Å². The summed E-state index contributed by atoms with van der Waals surface area (Å²) in [6, 6.07) is 7.78. The minimum atomic E-state index is -0.0237. The van der Waals surface area contributed by atoms with Gasteiger partial charge in [-0.25, -0.2) is 0 Å². The summed E-state index contributed by atoms with van der Waals surface area (Å²) in [4.78, 5) is 14.3. The van der Waals surface area contributed by atoms with Crippen LogP contribution in [0, 0.1) is 0 Å². The van der Waals surface area contributed by atoms with Crippen LogP contribution in [0.25, 0.3) is 10.9 Å². The standard InChI is InChI=1S/C14H18ClN3O/c1-3-18(10-6-9-15)14(19)13-11-7-4-5-8-12(11)17(2)16-13/h4-5,7-8H,3,6,9-10H2,1-2H3. The number of halogens is 1. The highest BCUT2D eigenvalue weighted by molar-refractivity contribution is 6.17. The van der Waals surface area contributed by atoms with Gasteiger partial charge in [-0.2, -0.15) is 5.10 Å². The Labute approximate surface area is 117 Å². The van der Waals surface area contributed by atoms with E-state index in [-0.39, 0.29) is 5.91 Å². The van der Waals surface area contributed by atoms with Gasteiger partial charge in [0.2, 0.25) is 0 Å². The number of fused-ring (bicyclic) bond motifs is 1. The molecular formula is C14H18ClN3O. The molecule has 0 aliphatic carbocycles. The zero-order chi connectivity index (χ0) is 13.8. The third-order valence-corrected chi connectivity index (χ3v) is 3.46. The first-order chi connectivity index (χ1) is 9.19. The Morgan fingerprint density at radius 1 is 1.42 bits per heavy atom. The van der Waals surface area contributed by atoms with Gasteiger partial charge in [-0.05, 0) is 19.4 Å². The summed E-state index contributed by atoms with van der Waals surface area (Å²) in [5.74, 6) is 0.539. The number of para-hydroxylation sites is 1. The molecule has 2 aromatic rings. The fourth-order valence-corrected chi connectivity index (χ4v) is 2.29.